The fourth-order valence-corrected chi connectivity index (χ4v) is 4.57. The van der Waals surface area contributed by atoms with E-state index in [0.29, 0.717) is 6.42 Å². The molecule has 0 saturated heterocycles. The Morgan fingerprint density at radius 2 is 1.46 bits per heavy atom. The average molecular weight is 490 g/mol. The molecule has 0 aliphatic carbocycles. The highest BCUT2D eigenvalue weighted by Crippen LogP contribution is 2.21. The number of likely N-dealkylation sites (N-methyl/N-ethyl adjacent to an activating group) is 2. The molecule has 0 aromatic heterocycles. The minimum atomic E-state index is -0.745. The Morgan fingerprint density at radius 3 is 1.97 bits per heavy atom. The van der Waals surface area contributed by atoms with Crippen LogP contribution in [0.4, 0.5) is 0 Å². The second-order valence-electron chi connectivity index (χ2n) is 10.0. The molecule has 0 heterocycles. The van der Waals surface area contributed by atoms with Gasteiger partial charge in [-0.15, -0.1) is 0 Å². The zero-order valence-electron chi connectivity index (χ0n) is 22.9. The van der Waals surface area contributed by atoms with Gasteiger partial charge in [-0.3, -0.25) is 14.4 Å². The molecule has 1 aromatic rings. The first-order valence-electron chi connectivity index (χ1n) is 13.0. The number of unbranched alkanes of at least 4 members (excludes halogenated alkanes) is 5. The van der Waals surface area contributed by atoms with Crippen LogP contribution in [-0.4, -0.2) is 60.8 Å². The molecular weight excluding hydrogens is 442 g/mol. The van der Waals surface area contributed by atoms with E-state index in [1.807, 2.05) is 45.0 Å². The minimum Gasteiger partial charge on any atom is -0.497 e. The van der Waals surface area contributed by atoms with Crippen LogP contribution in [0.2, 0.25) is 0 Å². The van der Waals surface area contributed by atoms with Crippen molar-refractivity contribution < 1.29 is 19.1 Å². The van der Waals surface area contributed by atoms with Gasteiger partial charge in [0.2, 0.25) is 17.7 Å². The second kappa shape index (κ2) is 15.4. The van der Waals surface area contributed by atoms with Crippen LogP contribution in [0.25, 0.3) is 0 Å². The molecule has 0 fully saturated rings. The Balaban J connectivity index is 3.05. The van der Waals surface area contributed by atoms with Crippen molar-refractivity contribution in [3.8, 4) is 5.75 Å². The number of carbonyl (C=O) groups excluding carboxylic acids is 3. The number of nitrogens with zero attached hydrogens (tertiary/aromatic N) is 2. The normalized spacial score (nSPS) is 13.7. The number of carbonyl (C=O) groups is 3. The highest BCUT2D eigenvalue weighted by atomic mass is 16.5. The predicted molar refractivity (Wildman–Crippen MR) is 141 cm³/mol. The van der Waals surface area contributed by atoms with Crippen molar-refractivity contribution in [1.29, 1.82) is 0 Å². The standard InChI is InChI=1S/C28H47N3O4/c1-8-9-10-11-12-13-14-21(4)27(33)30(5)24(19-22-15-17-23(35-7)18-16-22)28(34)31(6)25(20(2)3)26(29)32/h15-18,20-21,24-25H,8-14,19H2,1-7H3,(H2,29,32)/t21-,24-,25+/m1/s1. The molecule has 7 nitrogen and oxygen atoms in total. The summed E-state index contributed by atoms with van der Waals surface area (Å²) in [7, 11) is 4.88. The van der Waals surface area contributed by atoms with E-state index < -0.39 is 18.0 Å². The van der Waals surface area contributed by atoms with E-state index >= 15 is 0 Å². The summed E-state index contributed by atoms with van der Waals surface area (Å²) >= 11 is 0. The van der Waals surface area contributed by atoms with Gasteiger partial charge in [0.05, 0.1) is 7.11 Å². The number of rotatable bonds is 16. The highest BCUT2D eigenvalue weighted by Gasteiger charge is 2.36. The van der Waals surface area contributed by atoms with Gasteiger partial charge in [0.1, 0.15) is 17.8 Å². The lowest BCUT2D eigenvalue weighted by Gasteiger charge is -2.36. The molecule has 3 amide bonds. The SMILES string of the molecule is CCCCCCCC[C@@H](C)C(=O)N(C)[C@H](Cc1ccc(OC)cc1)C(=O)N(C)[C@H](C(N)=O)C(C)C. The van der Waals surface area contributed by atoms with Crippen molar-refractivity contribution in [2.24, 2.45) is 17.6 Å². The van der Waals surface area contributed by atoms with Crippen molar-refractivity contribution in [2.45, 2.75) is 91.1 Å². The molecule has 198 valence electrons. The van der Waals surface area contributed by atoms with Gasteiger partial charge in [0.15, 0.2) is 0 Å². The average Bonchev–Trinajstić information content (AvgIpc) is 2.83. The summed E-state index contributed by atoms with van der Waals surface area (Å²) in [5, 5.41) is 0. The largest absolute Gasteiger partial charge is 0.497 e. The summed E-state index contributed by atoms with van der Waals surface area (Å²) in [4.78, 5) is 42.1. The van der Waals surface area contributed by atoms with Gasteiger partial charge in [-0.25, -0.2) is 0 Å². The van der Waals surface area contributed by atoms with E-state index in [9.17, 15) is 14.4 Å². The first-order chi connectivity index (χ1) is 16.5. The van der Waals surface area contributed by atoms with Gasteiger partial charge in [-0.2, -0.15) is 0 Å². The molecular formula is C28H47N3O4. The molecule has 7 heteroatoms. The van der Waals surface area contributed by atoms with Crippen LogP contribution in [-0.2, 0) is 20.8 Å². The molecule has 3 atom stereocenters. The van der Waals surface area contributed by atoms with E-state index in [-0.39, 0.29) is 23.7 Å². The quantitative estimate of drug-likeness (QED) is 0.348. The maximum atomic E-state index is 13.6. The predicted octanol–water partition coefficient (Wildman–Crippen LogP) is 4.42. The van der Waals surface area contributed by atoms with Gasteiger partial charge in [-0.1, -0.05) is 78.4 Å². The van der Waals surface area contributed by atoms with Crippen LogP contribution in [0.5, 0.6) is 5.75 Å². The van der Waals surface area contributed by atoms with Gasteiger partial charge < -0.3 is 20.3 Å². The summed E-state index contributed by atoms with van der Waals surface area (Å²) in [5.74, 6) is -0.501. The van der Waals surface area contributed by atoms with Crippen LogP contribution in [0.1, 0.15) is 78.2 Å². The summed E-state index contributed by atoms with van der Waals surface area (Å²) in [6.45, 7) is 7.85. The Labute approximate surface area is 212 Å². The molecule has 1 aromatic carbocycles. The topological polar surface area (TPSA) is 92.9 Å². The van der Waals surface area contributed by atoms with E-state index in [2.05, 4.69) is 6.92 Å². The van der Waals surface area contributed by atoms with Gasteiger partial charge >= 0.3 is 0 Å². The molecule has 1 rings (SSSR count). The number of benzene rings is 1. The summed E-state index contributed by atoms with van der Waals surface area (Å²) in [6, 6.07) is 5.97. The van der Waals surface area contributed by atoms with Crippen molar-refractivity contribution in [2.75, 3.05) is 21.2 Å². The molecule has 35 heavy (non-hydrogen) atoms. The number of hydrogen-bond acceptors (Lipinski definition) is 4. The van der Waals surface area contributed by atoms with Crippen LogP contribution in [0.3, 0.4) is 0 Å². The minimum absolute atomic E-state index is 0.0565. The van der Waals surface area contributed by atoms with Crippen molar-refractivity contribution in [3.63, 3.8) is 0 Å². The fourth-order valence-electron chi connectivity index (χ4n) is 4.57. The number of amides is 3. The molecule has 2 N–H and O–H groups in total. The van der Waals surface area contributed by atoms with Crippen molar-refractivity contribution in [1.82, 2.24) is 9.80 Å². The summed E-state index contributed by atoms with van der Waals surface area (Å²) in [5.41, 5.74) is 6.52. The first-order valence-corrected chi connectivity index (χ1v) is 13.0. The van der Waals surface area contributed by atoms with E-state index in [4.69, 9.17) is 10.5 Å². The maximum Gasteiger partial charge on any atom is 0.246 e. The third-order valence-electron chi connectivity index (χ3n) is 6.79. The lowest BCUT2D eigenvalue weighted by molar-refractivity contribution is -0.149. The van der Waals surface area contributed by atoms with Crippen LogP contribution in [0, 0.1) is 11.8 Å². The Bertz CT molecular complexity index is 794. The van der Waals surface area contributed by atoms with E-state index in [1.54, 1.807) is 26.1 Å². The lowest BCUT2D eigenvalue weighted by atomic mass is 9.96. The molecule has 0 bridgehead atoms. The molecule has 0 aliphatic heterocycles. The summed E-state index contributed by atoms with van der Waals surface area (Å²) < 4.78 is 5.24. The second-order valence-corrected chi connectivity index (χ2v) is 10.0. The fraction of sp³-hybridized carbons (Fsp3) is 0.679. The molecule has 0 aliphatic rings. The third kappa shape index (κ3) is 9.54. The third-order valence-corrected chi connectivity index (χ3v) is 6.79. The number of ether oxygens (including phenoxy) is 1. The molecule has 0 saturated carbocycles. The van der Waals surface area contributed by atoms with Gasteiger partial charge in [-0.05, 0) is 30.0 Å². The number of nitrogens with two attached hydrogens (primary N) is 1. The van der Waals surface area contributed by atoms with E-state index in [1.165, 1.54) is 30.6 Å². The first kappa shape index (κ1) is 30.5. The van der Waals surface area contributed by atoms with Gasteiger partial charge in [0.25, 0.3) is 0 Å². The van der Waals surface area contributed by atoms with Crippen LogP contribution < -0.4 is 10.5 Å². The Kier molecular flexibility index (Phi) is 13.4. The number of primary amides is 1. The molecule has 0 spiro atoms. The molecule has 0 unspecified atom stereocenters. The number of hydrogen-bond donors (Lipinski definition) is 1. The van der Waals surface area contributed by atoms with Crippen LogP contribution in [0.15, 0.2) is 24.3 Å². The van der Waals surface area contributed by atoms with Crippen LogP contribution >= 0.6 is 0 Å². The number of methoxy groups -OCH3 is 1. The summed E-state index contributed by atoms with van der Waals surface area (Å²) in [6.07, 6.45) is 8.14. The smallest absolute Gasteiger partial charge is 0.246 e. The van der Waals surface area contributed by atoms with Gasteiger partial charge in [0, 0.05) is 26.4 Å². The Morgan fingerprint density at radius 1 is 0.886 bits per heavy atom. The molecule has 0 radical (unpaired) electrons. The van der Waals surface area contributed by atoms with E-state index in [0.717, 1.165) is 30.6 Å². The zero-order chi connectivity index (χ0) is 26.5. The van der Waals surface area contributed by atoms with Crippen molar-refractivity contribution >= 4 is 17.7 Å². The Hall–Kier alpha value is -2.57. The zero-order valence-corrected chi connectivity index (χ0v) is 22.9. The maximum absolute atomic E-state index is 13.6. The lowest BCUT2D eigenvalue weighted by Crippen LogP contribution is -2.56. The monoisotopic (exact) mass is 489 g/mol. The highest BCUT2D eigenvalue weighted by molar-refractivity contribution is 5.92. The van der Waals surface area contributed by atoms with Crippen molar-refractivity contribution in [3.05, 3.63) is 29.8 Å².